The zero-order chi connectivity index (χ0) is 28.6. The lowest BCUT2D eigenvalue weighted by Crippen LogP contribution is -2.45. The molecule has 6 heteroatoms. The molecule has 0 amide bonds. The highest BCUT2D eigenvalue weighted by Gasteiger charge is 2.53. The van der Waals surface area contributed by atoms with Crippen molar-refractivity contribution in [3.05, 3.63) is 173 Å². The zero-order valence-electron chi connectivity index (χ0n) is 23.6. The molecule has 4 heterocycles. The van der Waals surface area contributed by atoms with Crippen LogP contribution >= 0.6 is 0 Å². The fourth-order valence-electron chi connectivity index (χ4n) is 7.82. The number of rotatable bonds is 4. The van der Waals surface area contributed by atoms with Gasteiger partial charge in [0.1, 0.15) is 11.0 Å². The van der Waals surface area contributed by atoms with Crippen LogP contribution < -0.4 is 0 Å². The highest BCUT2D eigenvalue weighted by atomic mass is 15.4. The first kappa shape index (κ1) is 24.1. The summed E-state index contributed by atoms with van der Waals surface area (Å²) >= 11 is 0. The van der Waals surface area contributed by atoms with Gasteiger partial charge in [0.15, 0.2) is 0 Å². The van der Waals surface area contributed by atoms with Gasteiger partial charge in [-0.2, -0.15) is 5.10 Å². The normalized spacial score (nSPS) is 21.0. The van der Waals surface area contributed by atoms with Gasteiger partial charge in [-0.05, 0) is 51.6 Å². The molecule has 206 valence electrons. The molecule has 0 saturated heterocycles. The van der Waals surface area contributed by atoms with Crippen molar-refractivity contribution in [2.24, 2.45) is 0 Å². The molecule has 3 aliphatic rings. The second-order valence-electron chi connectivity index (χ2n) is 11.6. The van der Waals surface area contributed by atoms with Gasteiger partial charge in [-0.15, -0.1) is 0 Å². The third-order valence-corrected chi connectivity index (χ3v) is 9.47. The number of fused-ring (bicyclic) bond motifs is 6. The molecule has 9 rings (SSSR count). The van der Waals surface area contributed by atoms with E-state index in [-0.39, 0.29) is 0 Å². The number of aromatic nitrogens is 4. The summed E-state index contributed by atoms with van der Waals surface area (Å²) in [6.45, 7) is 0.744. The number of nitrogens with one attached hydrogen (secondary N) is 1. The molecule has 6 aromatic rings. The highest BCUT2D eigenvalue weighted by Crippen LogP contribution is 2.57. The van der Waals surface area contributed by atoms with Gasteiger partial charge in [-0.1, -0.05) is 84.9 Å². The van der Waals surface area contributed by atoms with Gasteiger partial charge >= 0.3 is 0 Å². The summed E-state index contributed by atoms with van der Waals surface area (Å²) in [6.07, 6.45) is 10.0. The topological polar surface area (TPSA) is 60.9 Å². The van der Waals surface area contributed by atoms with Gasteiger partial charge in [0.25, 0.3) is 0 Å². The number of benzene rings is 3. The molecular formula is C37H28N6. The van der Waals surface area contributed by atoms with Crippen molar-refractivity contribution in [2.45, 2.75) is 11.0 Å². The molecule has 2 unspecified atom stereocenters. The van der Waals surface area contributed by atoms with Gasteiger partial charge in [-0.25, -0.2) is 0 Å². The Morgan fingerprint density at radius 1 is 0.628 bits per heavy atom. The zero-order valence-corrected chi connectivity index (χ0v) is 23.6. The van der Waals surface area contributed by atoms with Crippen LogP contribution in [-0.4, -0.2) is 43.7 Å². The molecule has 1 aliphatic heterocycles. The number of aromatic amines is 1. The third-order valence-electron chi connectivity index (χ3n) is 9.47. The lowest BCUT2D eigenvalue weighted by atomic mass is 9.70. The average molecular weight is 557 g/mol. The summed E-state index contributed by atoms with van der Waals surface area (Å²) in [5.41, 5.74) is 11.3. The van der Waals surface area contributed by atoms with E-state index in [0.717, 1.165) is 40.4 Å². The first-order valence-corrected chi connectivity index (χ1v) is 14.6. The first-order valence-electron chi connectivity index (χ1n) is 14.6. The monoisotopic (exact) mass is 556 g/mol. The van der Waals surface area contributed by atoms with Crippen LogP contribution in [0.4, 0.5) is 0 Å². The number of hydrogen-bond donors (Lipinski definition) is 1. The Kier molecular flexibility index (Phi) is 4.92. The highest BCUT2D eigenvalue weighted by molar-refractivity contribution is 5.85. The molecule has 0 radical (unpaired) electrons. The molecule has 6 nitrogen and oxygen atoms in total. The molecule has 3 aromatic carbocycles. The van der Waals surface area contributed by atoms with Crippen molar-refractivity contribution >= 4 is 0 Å². The van der Waals surface area contributed by atoms with Crippen molar-refractivity contribution in [3.63, 3.8) is 0 Å². The Balaban J connectivity index is 1.38. The van der Waals surface area contributed by atoms with Crippen LogP contribution in [0.1, 0.15) is 39.3 Å². The Hall–Kier alpha value is -5.49. The van der Waals surface area contributed by atoms with E-state index in [0.29, 0.717) is 0 Å². The van der Waals surface area contributed by atoms with E-state index >= 15 is 0 Å². The molecule has 43 heavy (non-hydrogen) atoms. The van der Waals surface area contributed by atoms with Crippen molar-refractivity contribution in [1.29, 1.82) is 0 Å². The fraction of sp³-hybridized carbons (Fsp3) is 0.108. The molecule has 1 N–H and O–H groups in total. The molecule has 0 spiro atoms. The summed E-state index contributed by atoms with van der Waals surface area (Å²) < 4.78 is 0. The number of pyridine rings is 2. The molecule has 0 saturated carbocycles. The van der Waals surface area contributed by atoms with Crippen LogP contribution in [0.15, 0.2) is 134 Å². The number of nitrogens with zero attached hydrogens (tertiary/aromatic N) is 5. The minimum atomic E-state index is -0.663. The van der Waals surface area contributed by atoms with E-state index in [1.165, 1.54) is 27.8 Å². The van der Waals surface area contributed by atoms with E-state index in [4.69, 9.17) is 9.97 Å². The minimum absolute atomic E-state index is 0.620. The molecule has 0 fully saturated rings. The van der Waals surface area contributed by atoms with Crippen LogP contribution in [0.2, 0.25) is 0 Å². The maximum Gasteiger partial charge on any atom is 0.136 e. The van der Waals surface area contributed by atoms with Crippen molar-refractivity contribution < 1.29 is 0 Å². The van der Waals surface area contributed by atoms with Crippen molar-refractivity contribution in [3.8, 4) is 22.3 Å². The summed E-state index contributed by atoms with van der Waals surface area (Å²) in [6, 6.07) is 37.1. The predicted octanol–water partition coefficient (Wildman–Crippen LogP) is 6.51. The van der Waals surface area contributed by atoms with Gasteiger partial charge in [0.2, 0.25) is 0 Å². The van der Waals surface area contributed by atoms with Crippen LogP contribution in [0.3, 0.4) is 0 Å². The predicted molar refractivity (Wildman–Crippen MR) is 167 cm³/mol. The standard InChI is InChI=1S/C37H28N6/c1-42-21-22-43(24-42)37(32-16-5-3-12-28(32)30-14-8-19-39-35(30)37)26-10-6-9-25(23-26)36(33-17-20-40-41-33)31-15-4-2-11-27(31)29-13-7-18-38-34(29)36/h2-23H,24H2,1H3,(H,40,41). The van der Waals surface area contributed by atoms with Crippen LogP contribution in [-0.2, 0) is 11.0 Å². The van der Waals surface area contributed by atoms with E-state index in [1.54, 1.807) is 0 Å². The van der Waals surface area contributed by atoms with Gasteiger partial charge in [0, 0.05) is 49.2 Å². The number of H-pyrrole nitrogens is 1. The molecular weight excluding hydrogens is 528 g/mol. The Labute approximate surface area is 250 Å². The molecule has 3 aromatic heterocycles. The van der Waals surface area contributed by atoms with E-state index in [9.17, 15) is 0 Å². The lowest BCUT2D eigenvalue weighted by molar-refractivity contribution is 0.194. The van der Waals surface area contributed by atoms with E-state index in [1.807, 2.05) is 30.7 Å². The van der Waals surface area contributed by atoms with E-state index in [2.05, 4.69) is 130 Å². The Morgan fingerprint density at radius 2 is 1.30 bits per heavy atom. The fourth-order valence-corrected chi connectivity index (χ4v) is 7.82. The lowest BCUT2D eigenvalue weighted by Gasteiger charge is -2.41. The van der Waals surface area contributed by atoms with Gasteiger partial charge in [0.05, 0.1) is 23.8 Å². The number of hydrogen-bond acceptors (Lipinski definition) is 5. The second kappa shape index (κ2) is 8.76. The van der Waals surface area contributed by atoms with Gasteiger partial charge < -0.3 is 9.80 Å². The minimum Gasteiger partial charge on any atom is -0.362 e. The Bertz CT molecular complexity index is 1970. The Morgan fingerprint density at radius 3 is 2.05 bits per heavy atom. The summed E-state index contributed by atoms with van der Waals surface area (Å²) in [5, 5.41) is 7.80. The third kappa shape index (κ3) is 2.99. The van der Waals surface area contributed by atoms with Crippen LogP contribution in [0, 0.1) is 0 Å². The van der Waals surface area contributed by atoms with Crippen LogP contribution in [0.25, 0.3) is 22.3 Å². The molecule has 2 atom stereocenters. The SMILES string of the molecule is CN1C=CN(C2(c3cccc(C4(c5ccn[nH]5)c5ccccc5-c5cccnc54)c3)c3ccccc3-c3cccnc32)C1. The van der Waals surface area contributed by atoms with E-state index < -0.39 is 11.0 Å². The van der Waals surface area contributed by atoms with Crippen molar-refractivity contribution in [1.82, 2.24) is 30.0 Å². The summed E-state index contributed by atoms with van der Waals surface area (Å²) in [4.78, 5) is 14.8. The smallest absolute Gasteiger partial charge is 0.136 e. The largest absolute Gasteiger partial charge is 0.362 e. The van der Waals surface area contributed by atoms with Crippen molar-refractivity contribution in [2.75, 3.05) is 13.7 Å². The maximum absolute atomic E-state index is 5.12. The van der Waals surface area contributed by atoms with Gasteiger partial charge in [-0.3, -0.25) is 15.1 Å². The summed E-state index contributed by atoms with van der Waals surface area (Å²) in [5.74, 6) is 0. The quantitative estimate of drug-likeness (QED) is 0.268. The second-order valence-corrected chi connectivity index (χ2v) is 11.6. The maximum atomic E-state index is 5.12. The first-order chi connectivity index (χ1) is 21.2. The molecule has 2 aliphatic carbocycles. The summed E-state index contributed by atoms with van der Waals surface area (Å²) in [7, 11) is 2.12. The average Bonchev–Trinajstić information content (AvgIpc) is 3.85. The van der Waals surface area contributed by atoms with Crippen LogP contribution in [0.5, 0.6) is 0 Å². The molecule has 0 bridgehead atoms.